The van der Waals surface area contributed by atoms with E-state index in [0.717, 1.165) is 42.3 Å². The molecule has 31 heavy (non-hydrogen) atoms. The molecule has 1 aromatic carbocycles. The molecule has 2 aromatic heterocycles. The monoisotopic (exact) mass is 442 g/mol. The third kappa shape index (κ3) is 5.29. The Bertz CT molecular complexity index is 982. The summed E-state index contributed by atoms with van der Waals surface area (Å²) in [5, 5.41) is 12.4. The Morgan fingerprint density at radius 3 is 2.84 bits per heavy atom. The molecule has 1 amide bonds. The number of benzene rings is 1. The summed E-state index contributed by atoms with van der Waals surface area (Å²) in [5.74, 6) is 2.40. The number of rotatable bonds is 9. The van der Waals surface area contributed by atoms with Crippen LogP contribution in [0, 0.1) is 0 Å². The Morgan fingerprint density at radius 2 is 2.16 bits per heavy atom. The molecular weight excluding hydrogens is 416 g/mol. The first-order chi connectivity index (χ1) is 15.1. The Labute approximate surface area is 185 Å². The number of hydrogen-bond donors (Lipinski definition) is 1. The summed E-state index contributed by atoms with van der Waals surface area (Å²) < 4.78 is 18.5. The molecule has 3 heterocycles. The van der Waals surface area contributed by atoms with Crippen molar-refractivity contribution < 1.29 is 18.7 Å². The summed E-state index contributed by atoms with van der Waals surface area (Å²) in [6.07, 6.45) is 3.78. The molecule has 0 aliphatic carbocycles. The number of furan rings is 1. The number of nitrogens with one attached hydrogen (secondary N) is 1. The van der Waals surface area contributed by atoms with Crippen LogP contribution in [0.5, 0.6) is 5.75 Å². The molecule has 0 unspecified atom stereocenters. The molecule has 1 N–H and O–H groups in total. The minimum Gasteiger partial charge on any atom is -0.497 e. The van der Waals surface area contributed by atoms with Crippen LogP contribution in [0.2, 0.25) is 0 Å². The molecule has 4 rings (SSSR count). The standard InChI is InChI=1S/C22H26N4O4S/c1-15(19-6-4-12-30-19)23-20(27)14-31-22-25-24-21(16-7-9-17(28-2)10-8-16)26(22)13-18-5-3-11-29-18/h4,6-10,12,15,18H,3,5,11,13-14H2,1-2H3,(H,23,27)/t15-,18-/m0/s1. The van der Waals surface area contributed by atoms with Gasteiger partial charge in [-0.2, -0.15) is 0 Å². The summed E-state index contributed by atoms with van der Waals surface area (Å²) in [5.41, 5.74) is 0.939. The number of hydrogen-bond acceptors (Lipinski definition) is 7. The maximum Gasteiger partial charge on any atom is 0.231 e. The summed E-state index contributed by atoms with van der Waals surface area (Å²) in [6, 6.07) is 11.2. The Morgan fingerprint density at radius 1 is 1.32 bits per heavy atom. The average Bonchev–Trinajstić information content (AvgIpc) is 3.55. The molecule has 1 saturated heterocycles. The van der Waals surface area contributed by atoms with Gasteiger partial charge in [-0.25, -0.2) is 0 Å². The van der Waals surface area contributed by atoms with Crippen LogP contribution in [0.1, 0.15) is 31.6 Å². The van der Waals surface area contributed by atoms with Crippen LogP contribution in [0.15, 0.2) is 52.2 Å². The fourth-order valence-electron chi connectivity index (χ4n) is 3.53. The highest BCUT2D eigenvalue weighted by Crippen LogP contribution is 2.28. The van der Waals surface area contributed by atoms with E-state index in [1.165, 1.54) is 11.8 Å². The van der Waals surface area contributed by atoms with E-state index in [2.05, 4.69) is 15.5 Å². The number of methoxy groups -OCH3 is 1. The van der Waals surface area contributed by atoms with Gasteiger partial charge in [-0.05, 0) is 56.2 Å². The SMILES string of the molecule is COc1ccc(-c2nnc(SCC(=O)N[C@@H](C)c3ccco3)n2C[C@@H]2CCCO2)cc1. The number of aromatic nitrogens is 3. The first kappa shape index (κ1) is 21.5. The van der Waals surface area contributed by atoms with Gasteiger partial charge in [0.15, 0.2) is 11.0 Å². The van der Waals surface area contributed by atoms with Gasteiger partial charge < -0.3 is 19.2 Å². The molecule has 1 aliphatic heterocycles. The highest BCUT2D eigenvalue weighted by atomic mass is 32.2. The fraction of sp³-hybridized carbons (Fsp3) is 0.409. The normalized spacial score (nSPS) is 16.9. The molecule has 0 radical (unpaired) electrons. The number of amides is 1. The molecule has 2 atom stereocenters. The van der Waals surface area contributed by atoms with Crippen LogP contribution in [0.25, 0.3) is 11.4 Å². The molecule has 3 aromatic rings. The van der Waals surface area contributed by atoms with E-state index < -0.39 is 0 Å². The van der Waals surface area contributed by atoms with Gasteiger partial charge in [0, 0.05) is 12.2 Å². The molecule has 8 nitrogen and oxygen atoms in total. The van der Waals surface area contributed by atoms with Gasteiger partial charge in [-0.3, -0.25) is 9.36 Å². The number of thioether (sulfide) groups is 1. The zero-order valence-electron chi connectivity index (χ0n) is 17.6. The summed E-state index contributed by atoms with van der Waals surface area (Å²) in [7, 11) is 1.64. The summed E-state index contributed by atoms with van der Waals surface area (Å²) in [4.78, 5) is 12.5. The van der Waals surface area contributed by atoms with Crippen LogP contribution in [0.3, 0.4) is 0 Å². The lowest BCUT2D eigenvalue weighted by Gasteiger charge is -2.15. The number of nitrogens with zero attached hydrogens (tertiary/aromatic N) is 3. The second-order valence-electron chi connectivity index (χ2n) is 7.37. The second kappa shape index (κ2) is 10.0. The van der Waals surface area contributed by atoms with Crippen molar-refractivity contribution in [1.29, 1.82) is 0 Å². The minimum atomic E-state index is -0.192. The Hall–Kier alpha value is -2.78. The molecule has 164 valence electrons. The van der Waals surface area contributed by atoms with Gasteiger partial charge in [0.1, 0.15) is 11.5 Å². The lowest BCUT2D eigenvalue weighted by Crippen LogP contribution is -2.28. The quantitative estimate of drug-likeness (QED) is 0.505. The summed E-state index contributed by atoms with van der Waals surface area (Å²) in [6.45, 7) is 3.32. The van der Waals surface area contributed by atoms with E-state index in [-0.39, 0.29) is 23.8 Å². The number of ether oxygens (including phenoxy) is 2. The summed E-state index contributed by atoms with van der Waals surface area (Å²) >= 11 is 1.37. The topological polar surface area (TPSA) is 91.4 Å². The first-order valence-corrected chi connectivity index (χ1v) is 11.3. The van der Waals surface area contributed by atoms with Crippen LogP contribution in [-0.2, 0) is 16.1 Å². The average molecular weight is 443 g/mol. The van der Waals surface area contributed by atoms with Gasteiger partial charge in [-0.1, -0.05) is 11.8 Å². The van der Waals surface area contributed by atoms with Crippen molar-refractivity contribution in [2.45, 2.75) is 43.6 Å². The van der Waals surface area contributed by atoms with Crippen LogP contribution in [-0.4, -0.2) is 46.2 Å². The largest absolute Gasteiger partial charge is 0.497 e. The van der Waals surface area contributed by atoms with Crippen molar-refractivity contribution in [3.05, 3.63) is 48.4 Å². The van der Waals surface area contributed by atoms with Crippen molar-refractivity contribution in [1.82, 2.24) is 20.1 Å². The van der Waals surface area contributed by atoms with Gasteiger partial charge in [0.2, 0.25) is 5.91 Å². The second-order valence-corrected chi connectivity index (χ2v) is 8.32. The highest BCUT2D eigenvalue weighted by molar-refractivity contribution is 7.99. The van der Waals surface area contributed by atoms with Gasteiger partial charge in [-0.15, -0.1) is 10.2 Å². The van der Waals surface area contributed by atoms with Crippen LogP contribution in [0.4, 0.5) is 0 Å². The number of carbonyl (C=O) groups is 1. The molecule has 1 fully saturated rings. The van der Waals surface area contributed by atoms with Crippen LogP contribution >= 0.6 is 11.8 Å². The number of carbonyl (C=O) groups excluding carboxylic acids is 1. The predicted octanol–water partition coefficient (Wildman–Crippen LogP) is 3.70. The van der Waals surface area contributed by atoms with Gasteiger partial charge in [0.25, 0.3) is 0 Å². The third-order valence-corrected chi connectivity index (χ3v) is 6.12. The van der Waals surface area contributed by atoms with E-state index in [9.17, 15) is 4.79 Å². The van der Waals surface area contributed by atoms with E-state index in [0.29, 0.717) is 11.7 Å². The fourth-order valence-corrected chi connectivity index (χ4v) is 4.29. The maximum absolute atomic E-state index is 12.5. The maximum atomic E-state index is 12.5. The van der Waals surface area contributed by atoms with Crippen LogP contribution < -0.4 is 10.1 Å². The third-order valence-electron chi connectivity index (χ3n) is 5.16. The zero-order chi connectivity index (χ0) is 21.6. The van der Waals surface area contributed by atoms with Crippen molar-refractivity contribution >= 4 is 17.7 Å². The lowest BCUT2D eigenvalue weighted by atomic mass is 10.2. The van der Waals surface area contributed by atoms with Crippen molar-refractivity contribution in [3.63, 3.8) is 0 Å². The van der Waals surface area contributed by atoms with Crippen molar-refractivity contribution in [2.24, 2.45) is 0 Å². The van der Waals surface area contributed by atoms with E-state index in [1.54, 1.807) is 19.4 Å². The van der Waals surface area contributed by atoms with Gasteiger partial charge >= 0.3 is 0 Å². The molecule has 0 spiro atoms. The Kier molecular flexibility index (Phi) is 6.93. The highest BCUT2D eigenvalue weighted by Gasteiger charge is 2.22. The van der Waals surface area contributed by atoms with E-state index in [4.69, 9.17) is 13.9 Å². The molecule has 0 saturated carbocycles. The van der Waals surface area contributed by atoms with Crippen molar-refractivity contribution in [2.75, 3.05) is 19.5 Å². The zero-order valence-corrected chi connectivity index (χ0v) is 18.4. The Balaban J connectivity index is 1.48. The van der Waals surface area contributed by atoms with E-state index >= 15 is 0 Å². The van der Waals surface area contributed by atoms with Crippen molar-refractivity contribution in [3.8, 4) is 17.1 Å². The molecular formula is C22H26N4O4S. The molecule has 1 aliphatic rings. The predicted molar refractivity (Wildman–Crippen MR) is 117 cm³/mol. The molecule has 0 bridgehead atoms. The first-order valence-electron chi connectivity index (χ1n) is 10.3. The van der Waals surface area contributed by atoms with Gasteiger partial charge in [0.05, 0.1) is 37.8 Å². The van der Waals surface area contributed by atoms with E-state index in [1.807, 2.05) is 41.8 Å². The minimum absolute atomic E-state index is 0.0911. The molecule has 9 heteroatoms. The smallest absolute Gasteiger partial charge is 0.231 e. The lowest BCUT2D eigenvalue weighted by molar-refractivity contribution is -0.119.